The highest BCUT2D eigenvalue weighted by molar-refractivity contribution is 5.97. The minimum atomic E-state index is -1.02. The smallest absolute Gasteiger partial charge is 0.321 e. The van der Waals surface area contributed by atoms with Crippen molar-refractivity contribution in [1.29, 1.82) is 0 Å². The molecule has 0 aromatic heterocycles. The average Bonchev–Trinajstić information content (AvgIpc) is 2.53. The van der Waals surface area contributed by atoms with Crippen LogP contribution in [0.1, 0.15) is 50.3 Å². The number of hydrogen-bond donors (Lipinski definition) is 2. The van der Waals surface area contributed by atoms with Gasteiger partial charge >= 0.3 is 12.0 Å². The van der Waals surface area contributed by atoms with Crippen LogP contribution in [0.25, 0.3) is 0 Å². The van der Waals surface area contributed by atoms with E-state index in [-0.39, 0.29) is 12.5 Å². The fourth-order valence-electron chi connectivity index (χ4n) is 2.87. The van der Waals surface area contributed by atoms with Crippen LogP contribution in [0.15, 0.2) is 18.2 Å². The summed E-state index contributed by atoms with van der Waals surface area (Å²) in [5.41, 5.74) is 3.54. The lowest BCUT2D eigenvalue weighted by atomic mass is 9.90. The number of ether oxygens (including phenoxy) is 1. The second-order valence-electron chi connectivity index (χ2n) is 6.74. The number of esters is 1. The monoisotopic (exact) mass is 346 g/mol. The summed E-state index contributed by atoms with van der Waals surface area (Å²) in [6, 6.07) is 5.37. The predicted octanol–water partition coefficient (Wildman–Crippen LogP) is 2.27. The van der Waals surface area contributed by atoms with Crippen molar-refractivity contribution in [2.24, 2.45) is 0 Å². The maximum atomic E-state index is 12.1. The predicted molar refractivity (Wildman–Crippen MR) is 94.2 cm³/mol. The van der Waals surface area contributed by atoms with E-state index in [4.69, 9.17) is 4.74 Å². The molecule has 25 heavy (non-hydrogen) atoms. The quantitative estimate of drug-likeness (QED) is 0.801. The molecule has 0 radical (unpaired) electrons. The van der Waals surface area contributed by atoms with Crippen molar-refractivity contribution in [1.82, 2.24) is 10.6 Å². The van der Waals surface area contributed by atoms with E-state index in [1.807, 2.05) is 6.07 Å². The molecule has 1 aliphatic carbocycles. The van der Waals surface area contributed by atoms with Gasteiger partial charge in [-0.3, -0.25) is 14.9 Å². The first kappa shape index (κ1) is 19.0. The van der Waals surface area contributed by atoms with Crippen LogP contribution >= 0.6 is 0 Å². The van der Waals surface area contributed by atoms with Crippen LogP contribution in [0.2, 0.25) is 0 Å². The summed E-state index contributed by atoms with van der Waals surface area (Å²) in [7, 11) is 0. The lowest BCUT2D eigenvalue weighted by Crippen LogP contribution is -2.46. The molecule has 1 aliphatic rings. The van der Waals surface area contributed by atoms with Crippen molar-refractivity contribution < 1.29 is 19.1 Å². The maximum absolute atomic E-state index is 12.1. The van der Waals surface area contributed by atoms with Gasteiger partial charge in [-0.15, -0.1) is 0 Å². The average molecular weight is 346 g/mol. The molecular formula is C19H26N2O4. The molecule has 1 atom stereocenters. The third-order valence-electron chi connectivity index (χ3n) is 4.10. The molecule has 136 valence electrons. The SMILES string of the molecule is CC(C)NC(=O)NC(=O)[C@@H](C)OC(=O)Cc1ccc2c(c1)CCCC2. The molecular weight excluding hydrogens is 320 g/mol. The first-order chi connectivity index (χ1) is 11.8. The lowest BCUT2D eigenvalue weighted by molar-refractivity contribution is -0.153. The Morgan fingerprint density at radius 2 is 1.76 bits per heavy atom. The zero-order chi connectivity index (χ0) is 18.4. The van der Waals surface area contributed by atoms with E-state index in [0.29, 0.717) is 0 Å². The molecule has 0 heterocycles. The van der Waals surface area contributed by atoms with Crippen LogP contribution in [-0.2, 0) is 33.6 Å². The van der Waals surface area contributed by atoms with Crippen LogP contribution in [0, 0.1) is 0 Å². The molecule has 6 heteroatoms. The Morgan fingerprint density at radius 3 is 2.44 bits per heavy atom. The van der Waals surface area contributed by atoms with Gasteiger partial charge in [0.05, 0.1) is 6.42 Å². The Morgan fingerprint density at radius 1 is 1.08 bits per heavy atom. The van der Waals surface area contributed by atoms with Crippen molar-refractivity contribution in [2.45, 2.75) is 65.0 Å². The van der Waals surface area contributed by atoms with Crippen molar-refractivity contribution >= 4 is 17.9 Å². The number of nitrogens with one attached hydrogen (secondary N) is 2. The van der Waals surface area contributed by atoms with Crippen molar-refractivity contribution in [3.8, 4) is 0 Å². The third kappa shape index (κ3) is 5.89. The molecule has 3 amide bonds. The van der Waals surface area contributed by atoms with E-state index in [2.05, 4.69) is 22.8 Å². The van der Waals surface area contributed by atoms with Gasteiger partial charge in [0, 0.05) is 6.04 Å². The number of carbonyl (C=O) groups excluding carboxylic acids is 3. The summed E-state index contributed by atoms with van der Waals surface area (Å²) in [5, 5.41) is 4.69. The van der Waals surface area contributed by atoms with Gasteiger partial charge in [0.25, 0.3) is 5.91 Å². The van der Waals surface area contributed by atoms with Crippen molar-refractivity contribution in [3.05, 3.63) is 34.9 Å². The topological polar surface area (TPSA) is 84.5 Å². The Bertz CT molecular complexity index is 655. The number of hydrogen-bond acceptors (Lipinski definition) is 4. The molecule has 6 nitrogen and oxygen atoms in total. The molecule has 0 saturated carbocycles. The molecule has 0 unspecified atom stereocenters. The zero-order valence-electron chi connectivity index (χ0n) is 15.1. The van der Waals surface area contributed by atoms with Gasteiger partial charge in [0.2, 0.25) is 0 Å². The number of urea groups is 1. The second-order valence-corrected chi connectivity index (χ2v) is 6.74. The summed E-state index contributed by atoms with van der Waals surface area (Å²) >= 11 is 0. The Labute approximate surface area is 148 Å². The number of carbonyl (C=O) groups is 3. The molecule has 0 spiro atoms. The summed E-state index contributed by atoms with van der Waals surface area (Å²) in [6.07, 6.45) is 3.62. The van der Waals surface area contributed by atoms with Crippen LogP contribution in [-0.4, -0.2) is 30.1 Å². The molecule has 0 saturated heterocycles. The molecule has 2 N–H and O–H groups in total. The second kappa shape index (κ2) is 8.65. The molecule has 2 rings (SSSR count). The van der Waals surface area contributed by atoms with E-state index >= 15 is 0 Å². The van der Waals surface area contributed by atoms with Gasteiger partial charge in [-0.1, -0.05) is 18.2 Å². The fraction of sp³-hybridized carbons (Fsp3) is 0.526. The normalized spacial score (nSPS) is 14.4. The number of aryl methyl sites for hydroxylation is 2. The van der Waals surface area contributed by atoms with E-state index in [9.17, 15) is 14.4 Å². The Balaban J connectivity index is 1.85. The highest BCUT2D eigenvalue weighted by atomic mass is 16.5. The number of benzene rings is 1. The fourth-order valence-corrected chi connectivity index (χ4v) is 2.87. The van der Waals surface area contributed by atoms with Crippen molar-refractivity contribution in [2.75, 3.05) is 0 Å². The summed E-state index contributed by atoms with van der Waals surface area (Å²) in [4.78, 5) is 35.4. The lowest BCUT2D eigenvalue weighted by Gasteiger charge is -2.17. The largest absolute Gasteiger partial charge is 0.452 e. The van der Waals surface area contributed by atoms with Crippen molar-refractivity contribution in [3.63, 3.8) is 0 Å². The van der Waals surface area contributed by atoms with Crippen LogP contribution in [0.3, 0.4) is 0 Å². The summed E-state index contributed by atoms with van der Waals surface area (Å²) < 4.78 is 5.14. The summed E-state index contributed by atoms with van der Waals surface area (Å²) in [6.45, 7) is 5.01. The number of fused-ring (bicyclic) bond motifs is 1. The van der Waals surface area contributed by atoms with E-state index in [1.165, 1.54) is 30.9 Å². The van der Waals surface area contributed by atoms with Crippen LogP contribution < -0.4 is 10.6 Å². The summed E-state index contributed by atoms with van der Waals surface area (Å²) in [5.74, 6) is -1.13. The molecule has 1 aromatic rings. The zero-order valence-corrected chi connectivity index (χ0v) is 15.1. The third-order valence-corrected chi connectivity index (χ3v) is 4.10. The van der Waals surface area contributed by atoms with E-state index < -0.39 is 24.0 Å². The van der Waals surface area contributed by atoms with Gasteiger partial charge < -0.3 is 10.1 Å². The van der Waals surface area contributed by atoms with Gasteiger partial charge in [-0.05, 0) is 63.1 Å². The Kier molecular flexibility index (Phi) is 6.56. The molecule has 1 aromatic carbocycles. The number of imide groups is 1. The van der Waals surface area contributed by atoms with E-state index in [1.54, 1.807) is 13.8 Å². The molecule has 0 fully saturated rings. The molecule has 0 bridgehead atoms. The van der Waals surface area contributed by atoms with Gasteiger partial charge in [-0.2, -0.15) is 0 Å². The minimum absolute atomic E-state index is 0.0883. The molecule has 0 aliphatic heterocycles. The Hall–Kier alpha value is -2.37. The van der Waals surface area contributed by atoms with Gasteiger partial charge in [0.1, 0.15) is 0 Å². The minimum Gasteiger partial charge on any atom is -0.452 e. The number of rotatable bonds is 5. The first-order valence-electron chi connectivity index (χ1n) is 8.76. The standard InChI is InChI=1S/C19H26N2O4/c1-12(2)20-19(24)21-18(23)13(3)25-17(22)11-14-8-9-15-6-4-5-7-16(15)10-14/h8-10,12-13H,4-7,11H2,1-3H3,(H2,20,21,23,24)/t13-/m1/s1. The van der Waals surface area contributed by atoms with Gasteiger partial charge in [-0.25, -0.2) is 4.79 Å². The van der Waals surface area contributed by atoms with Crippen LogP contribution in [0.5, 0.6) is 0 Å². The highest BCUT2D eigenvalue weighted by Gasteiger charge is 2.20. The van der Waals surface area contributed by atoms with E-state index in [0.717, 1.165) is 18.4 Å². The van der Waals surface area contributed by atoms with Crippen LogP contribution in [0.4, 0.5) is 4.79 Å². The number of amides is 3. The first-order valence-corrected chi connectivity index (χ1v) is 8.76. The van der Waals surface area contributed by atoms with Gasteiger partial charge in [0.15, 0.2) is 6.10 Å². The maximum Gasteiger partial charge on any atom is 0.321 e. The highest BCUT2D eigenvalue weighted by Crippen LogP contribution is 2.22.